The van der Waals surface area contributed by atoms with Gasteiger partial charge in [0, 0.05) is 26.9 Å². The Morgan fingerprint density at radius 2 is 1.97 bits per heavy atom. The van der Waals surface area contributed by atoms with Crippen LogP contribution in [0.3, 0.4) is 0 Å². The van der Waals surface area contributed by atoms with Gasteiger partial charge in [0.25, 0.3) is 0 Å². The number of hydrogen-bond acceptors (Lipinski definition) is 3. The maximum Gasteiger partial charge on any atom is 0.311 e. The summed E-state index contributed by atoms with van der Waals surface area (Å²) in [5.74, 6) is -1.96. The highest BCUT2D eigenvalue weighted by Gasteiger charge is 2.29. The lowest BCUT2D eigenvalue weighted by molar-refractivity contribution is -0.139. The molecule has 0 bridgehead atoms. The van der Waals surface area contributed by atoms with Crippen molar-refractivity contribution in [2.24, 2.45) is 0 Å². The molecule has 1 atom stereocenters. The largest absolute Gasteiger partial charge is 0.481 e. The molecule has 2 aromatic carbocycles. The van der Waals surface area contributed by atoms with Gasteiger partial charge in [-0.3, -0.25) is 9.78 Å². The molecule has 1 unspecified atom stereocenters. The number of rotatable bonds is 5. The number of fused-ring (bicyclic) bond motifs is 3. The van der Waals surface area contributed by atoms with Gasteiger partial charge in [0.1, 0.15) is 5.82 Å². The number of carboxylic acid groups (broad SMARTS) is 1. The molecule has 0 spiro atoms. The van der Waals surface area contributed by atoms with Crippen LogP contribution >= 0.6 is 11.3 Å². The van der Waals surface area contributed by atoms with E-state index < -0.39 is 11.9 Å². The lowest BCUT2D eigenvalue weighted by atomic mass is 9.86. The summed E-state index contributed by atoms with van der Waals surface area (Å²) in [6.45, 7) is 5.64. The van der Waals surface area contributed by atoms with E-state index in [1.165, 1.54) is 6.07 Å². The molecular formula is C24H22FNO2S. The van der Waals surface area contributed by atoms with Crippen LogP contribution in [0.25, 0.3) is 31.4 Å². The number of halogens is 1. The zero-order valence-electron chi connectivity index (χ0n) is 16.6. The summed E-state index contributed by atoms with van der Waals surface area (Å²) in [4.78, 5) is 17.0. The molecule has 1 N–H and O–H groups in total. The van der Waals surface area contributed by atoms with Gasteiger partial charge in [-0.05, 0) is 43.5 Å². The molecule has 0 radical (unpaired) electrons. The molecule has 5 heteroatoms. The van der Waals surface area contributed by atoms with Crippen LogP contribution in [0.1, 0.15) is 42.5 Å². The van der Waals surface area contributed by atoms with Crippen molar-refractivity contribution in [3.05, 3.63) is 65.1 Å². The van der Waals surface area contributed by atoms with Crippen molar-refractivity contribution in [3.8, 4) is 11.1 Å². The normalized spacial score (nSPS) is 12.6. The third kappa shape index (κ3) is 3.29. The van der Waals surface area contributed by atoms with Crippen molar-refractivity contribution in [1.29, 1.82) is 0 Å². The number of aliphatic carboxylic acids is 1. The standard InChI is InChI=1S/C24H22FNO2S/c1-4-7-17(24(27)28)20-14(3)26-22-16-8-5-6-9-19(16)29-23(22)21(20)15-11-10-13(2)12-18(15)25/h5-6,8-12,17H,4,7H2,1-3H3,(H,27,28). The van der Waals surface area contributed by atoms with Gasteiger partial charge in [-0.1, -0.05) is 43.7 Å². The molecule has 148 valence electrons. The molecule has 0 saturated carbocycles. The van der Waals surface area contributed by atoms with Gasteiger partial charge in [0.05, 0.1) is 16.1 Å². The summed E-state index contributed by atoms with van der Waals surface area (Å²) in [6, 6.07) is 13.1. The Morgan fingerprint density at radius 1 is 1.21 bits per heavy atom. The Labute approximate surface area is 172 Å². The number of pyridine rings is 1. The van der Waals surface area contributed by atoms with Crippen molar-refractivity contribution in [2.75, 3.05) is 0 Å². The molecule has 0 fully saturated rings. The van der Waals surface area contributed by atoms with Gasteiger partial charge in [0.2, 0.25) is 0 Å². The quantitative estimate of drug-likeness (QED) is 0.394. The monoisotopic (exact) mass is 407 g/mol. The minimum absolute atomic E-state index is 0.337. The van der Waals surface area contributed by atoms with Gasteiger partial charge in [0.15, 0.2) is 0 Å². The van der Waals surface area contributed by atoms with Crippen LogP contribution < -0.4 is 0 Å². The molecular weight excluding hydrogens is 385 g/mol. The van der Waals surface area contributed by atoms with E-state index in [0.717, 1.165) is 32.3 Å². The number of thiophene rings is 1. The molecule has 2 heterocycles. The van der Waals surface area contributed by atoms with E-state index in [1.807, 2.05) is 51.1 Å². The molecule has 0 aliphatic rings. The lowest BCUT2D eigenvalue weighted by Gasteiger charge is -2.20. The fourth-order valence-corrected chi connectivity index (χ4v) is 5.26. The number of aromatic nitrogens is 1. The second-order valence-electron chi connectivity index (χ2n) is 7.42. The first-order valence-corrected chi connectivity index (χ1v) is 10.5. The fourth-order valence-electron chi connectivity index (χ4n) is 4.04. The van der Waals surface area contributed by atoms with Crippen molar-refractivity contribution < 1.29 is 14.3 Å². The Kier molecular flexibility index (Phi) is 5.09. The minimum Gasteiger partial charge on any atom is -0.481 e. The van der Waals surface area contributed by atoms with Crippen molar-refractivity contribution >= 4 is 37.6 Å². The average molecular weight is 408 g/mol. The maximum atomic E-state index is 15.1. The van der Waals surface area contributed by atoms with Crippen LogP contribution in [0.15, 0.2) is 42.5 Å². The van der Waals surface area contributed by atoms with Gasteiger partial charge < -0.3 is 5.11 Å². The number of hydrogen-bond donors (Lipinski definition) is 1. The highest BCUT2D eigenvalue weighted by atomic mass is 32.1. The topological polar surface area (TPSA) is 50.2 Å². The molecule has 0 amide bonds. The summed E-state index contributed by atoms with van der Waals surface area (Å²) in [7, 11) is 0. The third-order valence-corrected chi connectivity index (χ3v) is 6.53. The molecule has 2 aromatic heterocycles. The predicted octanol–water partition coefficient (Wildman–Crippen LogP) is 6.84. The summed E-state index contributed by atoms with van der Waals surface area (Å²) in [5, 5.41) is 11.0. The molecule has 4 aromatic rings. The second kappa shape index (κ2) is 7.56. The summed E-state index contributed by atoms with van der Waals surface area (Å²) in [5.41, 5.74) is 4.03. The number of aryl methyl sites for hydroxylation is 2. The van der Waals surface area contributed by atoms with Crippen LogP contribution in [-0.4, -0.2) is 16.1 Å². The summed E-state index contributed by atoms with van der Waals surface area (Å²) in [6.07, 6.45) is 1.20. The van der Waals surface area contributed by atoms with Gasteiger partial charge in [-0.2, -0.15) is 0 Å². The van der Waals surface area contributed by atoms with E-state index in [1.54, 1.807) is 17.4 Å². The van der Waals surface area contributed by atoms with Crippen LogP contribution in [0.5, 0.6) is 0 Å². The first kappa shape index (κ1) is 19.5. The third-order valence-electron chi connectivity index (χ3n) is 5.35. The smallest absolute Gasteiger partial charge is 0.311 e. The minimum atomic E-state index is -0.897. The second-order valence-corrected chi connectivity index (χ2v) is 8.48. The Bertz CT molecular complexity index is 1240. The van der Waals surface area contributed by atoms with E-state index in [-0.39, 0.29) is 5.82 Å². The maximum absolute atomic E-state index is 15.1. The molecule has 0 saturated heterocycles. The van der Waals surface area contributed by atoms with Gasteiger partial charge in [-0.15, -0.1) is 11.3 Å². The fraction of sp³-hybridized carbons (Fsp3) is 0.250. The summed E-state index contributed by atoms with van der Waals surface area (Å²) < 4.78 is 17.0. The molecule has 0 aliphatic carbocycles. The van der Waals surface area contributed by atoms with E-state index >= 15 is 4.39 Å². The lowest BCUT2D eigenvalue weighted by Crippen LogP contribution is -2.15. The van der Waals surface area contributed by atoms with E-state index in [4.69, 9.17) is 4.98 Å². The molecule has 4 rings (SSSR count). The van der Waals surface area contributed by atoms with Crippen LogP contribution in [-0.2, 0) is 4.79 Å². The van der Waals surface area contributed by atoms with Gasteiger partial charge in [-0.25, -0.2) is 4.39 Å². The predicted molar refractivity (Wildman–Crippen MR) is 117 cm³/mol. The van der Waals surface area contributed by atoms with E-state index in [9.17, 15) is 9.90 Å². The average Bonchev–Trinajstić information content (AvgIpc) is 3.04. The van der Waals surface area contributed by atoms with E-state index in [2.05, 4.69) is 0 Å². The Morgan fingerprint density at radius 3 is 2.66 bits per heavy atom. The number of carboxylic acids is 1. The van der Waals surface area contributed by atoms with Crippen LogP contribution in [0, 0.1) is 19.7 Å². The van der Waals surface area contributed by atoms with Crippen LogP contribution in [0.2, 0.25) is 0 Å². The zero-order valence-corrected chi connectivity index (χ0v) is 17.4. The highest BCUT2D eigenvalue weighted by Crippen LogP contribution is 2.45. The molecule has 29 heavy (non-hydrogen) atoms. The summed E-state index contributed by atoms with van der Waals surface area (Å²) >= 11 is 1.54. The number of carbonyl (C=O) groups is 1. The van der Waals surface area contributed by atoms with Crippen LogP contribution in [0.4, 0.5) is 4.39 Å². The SMILES string of the molecule is CCCC(C(=O)O)c1c(C)nc2c(sc3ccccc32)c1-c1ccc(C)cc1F. The van der Waals surface area contributed by atoms with Crippen molar-refractivity contribution in [3.63, 3.8) is 0 Å². The van der Waals surface area contributed by atoms with Crippen molar-refractivity contribution in [2.45, 2.75) is 39.5 Å². The first-order chi connectivity index (χ1) is 13.9. The Balaban J connectivity index is 2.18. The highest BCUT2D eigenvalue weighted by molar-refractivity contribution is 7.26. The van der Waals surface area contributed by atoms with Crippen molar-refractivity contribution in [1.82, 2.24) is 4.98 Å². The number of nitrogens with zero attached hydrogens (tertiary/aromatic N) is 1. The number of benzene rings is 2. The molecule has 3 nitrogen and oxygen atoms in total. The first-order valence-electron chi connectivity index (χ1n) is 9.73. The van der Waals surface area contributed by atoms with E-state index in [0.29, 0.717) is 28.8 Å². The molecule has 0 aliphatic heterocycles. The Hall–Kier alpha value is -2.79. The zero-order chi connectivity index (χ0) is 20.7. The van der Waals surface area contributed by atoms with Gasteiger partial charge >= 0.3 is 5.97 Å².